The number of hydrogen-bond donors (Lipinski definition) is 1. The molecule has 0 aliphatic rings. The van der Waals surface area contributed by atoms with Crippen LogP contribution in [0.25, 0.3) is 0 Å². The van der Waals surface area contributed by atoms with Crippen LogP contribution in [0.15, 0.2) is 0 Å². The van der Waals surface area contributed by atoms with E-state index in [1.54, 1.807) is 0 Å². The fourth-order valence-corrected chi connectivity index (χ4v) is 0.509. The minimum Gasteiger partial charge on any atom is -0.481 e. The van der Waals surface area contributed by atoms with Gasteiger partial charge >= 0.3 is 5.97 Å². The van der Waals surface area contributed by atoms with E-state index in [9.17, 15) is 14.4 Å². The molecule has 11 heavy (non-hydrogen) atoms. The zero-order chi connectivity index (χ0) is 9.02. The van der Waals surface area contributed by atoms with E-state index >= 15 is 0 Å². The highest BCUT2D eigenvalue weighted by atomic mass is 16.4. The summed E-state index contributed by atoms with van der Waals surface area (Å²) < 4.78 is 0. The van der Waals surface area contributed by atoms with Gasteiger partial charge in [-0.2, -0.15) is 0 Å². The molecule has 0 heterocycles. The number of Topliss-reactive ketones (excluding diaryl/α,β-unsaturated/α-hetero) is 2. The molecule has 1 N–H and O–H groups in total. The van der Waals surface area contributed by atoms with E-state index in [0.717, 1.165) is 6.92 Å². The van der Waals surface area contributed by atoms with Gasteiger partial charge in [-0.1, -0.05) is 6.92 Å². The summed E-state index contributed by atoms with van der Waals surface area (Å²) in [6, 6.07) is 0. The zero-order valence-corrected chi connectivity index (χ0v) is 6.46. The second-order valence-corrected chi connectivity index (χ2v) is 2.42. The van der Waals surface area contributed by atoms with Crippen molar-refractivity contribution in [2.24, 2.45) is 5.92 Å². The maximum Gasteiger partial charge on any atom is 0.306 e. The Balaban J connectivity index is 3.95. The van der Waals surface area contributed by atoms with Gasteiger partial charge in [-0.3, -0.25) is 14.4 Å². The third-order valence-corrected chi connectivity index (χ3v) is 1.31. The number of aliphatic carboxylic acids is 1. The molecular weight excluding hydrogens is 148 g/mol. The van der Waals surface area contributed by atoms with Crippen LogP contribution >= 0.6 is 0 Å². The van der Waals surface area contributed by atoms with Crippen LogP contribution in [0.3, 0.4) is 0 Å². The van der Waals surface area contributed by atoms with E-state index in [1.165, 1.54) is 6.92 Å². The Bertz CT molecular complexity index is 195. The molecule has 0 rings (SSSR count). The second kappa shape index (κ2) is 3.85. The topological polar surface area (TPSA) is 71.4 Å². The van der Waals surface area contributed by atoms with Crippen LogP contribution in [-0.4, -0.2) is 22.6 Å². The first-order valence-electron chi connectivity index (χ1n) is 3.21. The smallest absolute Gasteiger partial charge is 0.306 e. The molecule has 1 atom stereocenters. The van der Waals surface area contributed by atoms with Crippen molar-refractivity contribution in [1.29, 1.82) is 0 Å². The molecule has 4 nitrogen and oxygen atoms in total. The van der Waals surface area contributed by atoms with Crippen LogP contribution in [0.5, 0.6) is 0 Å². The third-order valence-electron chi connectivity index (χ3n) is 1.31. The summed E-state index contributed by atoms with van der Waals surface area (Å²) in [7, 11) is 0. The molecular formula is C7H10O4. The number of rotatable bonds is 4. The zero-order valence-electron chi connectivity index (χ0n) is 6.46. The molecule has 0 aromatic heterocycles. The summed E-state index contributed by atoms with van der Waals surface area (Å²) in [5.41, 5.74) is 0. The first-order valence-corrected chi connectivity index (χ1v) is 3.21. The van der Waals surface area contributed by atoms with Crippen molar-refractivity contribution in [3.8, 4) is 0 Å². The molecule has 4 heteroatoms. The fourth-order valence-electron chi connectivity index (χ4n) is 0.509. The largest absolute Gasteiger partial charge is 0.481 e. The minimum absolute atomic E-state index is 0.204. The molecule has 0 aliphatic carbocycles. The van der Waals surface area contributed by atoms with E-state index < -0.39 is 23.5 Å². The molecule has 62 valence electrons. The predicted molar refractivity (Wildman–Crippen MR) is 37.1 cm³/mol. The Morgan fingerprint density at radius 2 is 1.82 bits per heavy atom. The highest BCUT2D eigenvalue weighted by Crippen LogP contribution is 2.02. The highest BCUT2D eigenvalue weighted by molar-refractivity contribution is 6.36. The SMILES string of the molecule is CC(=O)C(=O)C[C@@H](C)C(=O)O. The Morgan fingerprint density at radius 3 is 2.09 bits per heavy atom. The monoisotopic (exact) mass is 158 g/mol. The van der Waals surface area contributed by atoms with Crippen molar-refractivity contribution in [2.45, 2.75) is 20.3 Å². The molecule has 0 fully saturated rings. The quantitative estimate of drug-likeness (QED) is 0.595. The van der Waals surface area contributed by atoms with Gasteiger partial charge in [-0.05, 0) is 0 Å². The van der Waals surface area contributed by atoms with Crippen LogP contribution in [0, 0.1) is 5.92 Å². The predicted octanol–water partition coefficient (Wildman–Crippen LogP) is 0.255. The van der Waals surface area contributed by atoms with Gasteiger partial charge < -0.3 is 5.11 Å². The lowest BCUT2D eigenvalue weighted by Crippen LogP contribution is -2.18. The van der Waals surface area contributed by atoms with Crippen molar-refractivity contribution in [3.05, 3.63) is 0 Å². The molecule has 0 bridgehead atoms. The normalized spacial score (nSPS) is 12.2. The van der Waals surface area contributed by atoms with Crippen molar-refractivity contribution in [2.75, 3.05) is 0 Å². The van der Waals surface area contributed by atoms with Crippen LogP contribution in [0.2, 0.25) is 0 Å². The lowest BCUT2D eigenvalue weighted by molar-refractivity contribution is -0.144. The van der Waals surface area contributed by atoms with Gasteiger partial charge in [0.25, 0.3) is 0 Å². The standard InChI is InChI=1S/C7H10O4/c1-4(7(10)11)3-6(9)5(2)8/h4H,3H2,1-2H3,(H,10,11)/t4-/m1/s1. The summed E-state index contributed by atoms with van der Waals surface area (Å²) in [5.74, 6) is -3.04. The van der Waals surface area contributed by atoms with Crippen molar-refractivity contribution in [3.63, 3.8) is 0 Å². The maximum absolute atomic E-state index is 10.6. The molecule has 0 aromatic rings. The molecule has 0 radical (unpaired) electrons. The minimum atomic E-state index is -1.06. The third kappa shape index (κ3) is 3.50. The summed E-state index contributed by atoms with van der Waals surface area (Å²) >= 11 is 0. The van der Waals surface area contributed by atoms with E-state index in [-0.39, 0.29) is 6.42 Å². The van der Waals surface area contributed by atoms with Crippen molar-refractivity contribution >= 4 is 17.5 Å². The molecule has 0 unspecified atom stereocenters. The number of hydrogen-bond acceptors (Lipinski definition) is 3. The lowest BCUT2D eigenvalue weighted by atomic mass is 10.0. The molecule has 0 amide bonds. The van der Waals surface area contributed by atoms with Gasteiger partial charge in [0.15, 0.2) is 11.6 Å². The molecule has 0 saturated heterocycles. The second-order valence-electron chi connectivity index (χ2n) is 2.42. The molecule has 0 spiro atoms. The lowest BCUT2D eigenvalue weighted by Gasteiger charge is -2.01. The average Bonchev–Trinajstić information content (AvgIpc) is 1.87. The highest BCUT2D eigenvalue weighted by Gasteiger charge is 2.17. The Hall–Kier alpha value is -1.19. The van der Waals surface area contributed by atoms with E-state index in [2.05, 4.69) is 0 Å². The fraction of sp³-hybridized carbons (Fsp3) is 0.571. The maximum atomic E-state index is 10.6. The Labute approximate surface area is 64.2 Å². The Morgan fingerprint density at radius 1 is 1.36 bits per heavy atom. The number of carbonyl (C=O) groups excluding carboxylic acids is 2. The van der Waals surface area contributed by atoms with Crippen molar-refractivity contribution < 1.29 is 19.5 Å². The summed E-state index contributed by atoms with van der Waals surface area (Å²) in [6.45, 7) is 2.53. The van der Waals surface area contributed by atoms with Crippen molar-refractivity contribution in [1.82, 2.24) is 0 Å². The van der Waals surface area contributed by atoms with E-state index in [4.69, 9.17) is 5.11 Å². The first kappa shape index (κ1) is 9.81. The molecule has 0 aromatic carbocycles. The Kier molecular flexibility index (Phi) is 3.44. The summed E-state index contributed by atoms with van der Waals surface area (Å²) in [6.07, 6.45) is -0.204. The number of carbonyl (C=O) groups is 3. The van der Waals surface area contributed by atoms with E-state index in [0.29, 0.717) is 0 Å². The first-order chi connectivity index (χ1) is 4.95. The van der Waals surface area contributed by atoms with Gasteiger partial charge in [-0.25, -0.2) is 0 Å². The van der Waals surface area contributed by atoms with E-state index in [1.807, 2.05) is 0 Å². The van der Waals surface area contributed by atoms with Gasteiger partial charge in [0.1, 0.15) is 0 Å². The van der Waals surface area contributed by atoms with Gasteiger partial charge in [0, 0.05) is 13.3 Å². The number of carboxylic acid groups (broad SMARTS) is 1. The average molecular weight is 158 g/mol. The van der Waals surface area contributed by atoms with Gasteiger partial charge in [0.2, 0.25) is 0 Å². The van der Waals surface area contributed by atoms with Crippen LogP contribution in [-0.2, 0) is 14.4 Å². The molecule has 0 aliphatic heterocycles. The summed E-state index contributed by atoms with van der Waals surface area (Å²) in [4.78, 5) is 31.2. The van der Waals surface area contributed by atoms with Gasteiger partial charge in [0.05, 0.1) is 5.92 Å². The number of carboxylic acids is 1. The molecule has 0 saturated carbocycles. The summed E-state index contributed by atoms with van der Waals surface area (Å²) in [5, 5.41) is 8.35. The van der Waals surface area contributed by atoms with Crippen LogP contribution in [0.1, 0.15) is 20.3 Å². The van der Waals surface area contributed by atoms with Crippen LogP contribution < -0.4 is 0 Å². The number of ketones is 2. The van der Waals surface area contributed by atoms with Crippen LogP contribution in [0.4, 0.5) is 0 Å². The van der Waals surface area contributed by atoms with Gasteiger partial charge in [-0.15, -0.1) is 0 Å².